The molecule has 0 saturated carbocycles. The molecular formula is C23H22O. The highest BCUT2D eigenvalue weighted by Crippen LogP contribution is 2.22. The van der Waals surface area contributed by atoms with Crippen molar-refractivity contribution in [1.82, 2.24) is 0 Å². The van der Waals surface area contributed by atoms with Crippen molar-refractivity contribution in [1.29, 1.82) is 0 Å². The highest BCUT2D eigenvalue weighted by molar-refractivity contribution is 5.50. The Morgan fingerprint density at radius 1 is 0.792 bits per heavy atom. The van der Waals surface area contributed by atoms with Crippen LogP contribution < -0.4 is 0 Å². The first-order valence-corrected chi connectivity index (χ1v) is 8.26. The fraction of sp³-hybridized carbons (Fsp3) is 0.130. The Hall–Kier alpha value is -2.64. The third-order valence-electron chi connectivity index (χ3n) is 3.94. The zero-order valence-corrected chi connectivity index (χ0v) is 13.9. The third kappa shape index (κ3) is 4.68. The molecule has 0 saturated heterocycles. The van der Waals surface area contributed by atoms with Crippen molar-refractivity contribution < 1.29 is 4.74 Å². The molecule has 1 nitrogen and oxygen atoms in total. The molecule has 0 bridgehead atoms. The Morgan fingerprint density at radius 2 is 1.42 bits per heavy atom. The summed E-state index contributed by atoms with van der Waals surface area (Å²) in [5.74, 6) is 0. The van der Waals surface area contributed by atoms with Crippen LogP contribution in [0.15, 0.2) is 91.0 Å². The second-order valence-corrected chi connectivity index (χ2v) is 5.90. The monoisotopic (exact) mass is 314 g/mol. The molecule has 3 rings (SSSR count). The molecule has 0 N–H and O–H groups in total. The van der Waals surface area contributed by atoms with E-state index in [0.29, 0.717) is 6.61 Å². The summed E-state index contributed by atoms with van der Waals surface area (Å²) in [5.41, 5.74) is 4.80. The molecule has 0 unspecified atom stereocenters. The Morgan fingerprint density at radius 3 is 2.08 bits per heavy atom. The standard InChI is InChI=1S/C23H22O/c1-19-12-14-21(15-13-19)18-24-23(22-10-6-3-7-11-22)17-16-20-8-4-2-5-9-20/h2-17,23H,18H2,1H3/b17-16+/t23-/m0/s1. The first-order chi connectivity index (χ1) is 11.8. The van der Waals surface area contributed by atoms with E-state index in [1.807, 2.05) is 36.4 Å². The van der Waals surface area contributed by atoms with Gasteiger partial charge >= 0.3 is 0 Å². The molecule has 24 heavy (non-hydrogen) atoms. The highest BCUT2D eigenvalue weighted by atomic mass is 16.5. The highest BCUT2D eigenvalue weighted by Gasteiger charge is 2.08. The number of hydrogen-bond donors (Lipinski definition) is 0. The smallest absolute Gasteiger partial charge is 0.101 e. The van der Waals surface area contributed by atoms with Crippen LogP contribution in [0, 0.1) is 6.92 Å². The molecule has 0 aliphatic heterocycles. The van der Waals surface area contributed by atoms with Gasteiger partial charge in [-0.25, -0.2) is 0 Å². The number of hydrogen-bond acceptors (Lipinski definition) is 1. The second kappa shape index (κ2) is 8.28. The predicted octanol–water partition coefficient (Wildman–Crippen LogP) is 5.97. The van der Waals surface area contributed by atoms with Gasteiger partial charge in [0.15, 0.2) is 0 Å². The molecule has 0 amide bonds. The fourth-order valence-electron chi connectivity index (χ4n) is 2.54. The van der Waals surface area contributed by atoms with Gasteiger partial charge in [-0.05, 0) is 23.6 Å². The van der Waals surface area contributed by atoms with Gasteiger partial charge in [0.25, 0.3) is 0 Å². The minimum absolute atomic E-state index is 0.0623. The molecule has 0 heterocycles. The molecule has 0 spiro atoms. The number of ether oxygens (including phenoxy) is 1. The van der Waals surface area contributed by atoms with E-state index in [1.165, 1.54) is 16.7 Å². The van der Waals surface area contributed by atoms with Crippen molar-refractivity contribution in [3.8, 4) is 0 Å². The molecule has 0 radical (unpaired) electrons. The zero-order chi connectivity index (χ0) is 16.6. The minimum Gasteiger partial charge on any atom is -0.365 e. The van der Waals surface area contributed by atoms with Gasteiger partial charge in [0.1, 0.15) is 6.10 Å². The molecule has 0 aromatic heterocycles. The Labute approximate surface area is 144 Å². The van der Waals surface area contributed by atoms with Gasteiger partial charge in [0, 0.05) is 0 Å². The minimum atomic E-state index is -0.0623. The quantitative estimate of drug-likeness (QED) is 0.545. The average molecular weight is 314 g/mol. The van der Waals surface area contributed by atoms with Gasteiger partial charge in [-0.1, -0.05) is 103 Å². The Balaban J connectivity index is 1.75. The lowest BCUT2D eigenvalue weighted by Gasteiger charge is -2.15. The molecule has 0 aliphatic carbocycles. The molecular weight excluding hydrogens is 292 g/mol. The van der Waals surface area contributed by atoms with Gasteiger partial charge in [-0.3, -0.25) is 0 Å². The number of aryl methyl sites for hydroxylation is 1. The van der Waals surface area contributed by atoms with Crippen molar-refractivity contribution in [3.05, 3.63) is 113 Å². The first kappa shape index (κ1) is 16.2. The van der Waals surface area contributed by atoms with Crippen LogP contribution in [0.3, 0.4) is 0 Å². The SMILES string of the molecule is Cc1ccc(CO[C@@H](/C=C/c2ccccc2)c2ccccc2)cc1. The lowest BCUT2D eigenvalue weighted by Crippen LogP contribution is -2.02. The average Bonchev–Trinajstić information content (AvgIpc) is 2.65. The molecule has 0 fully saturated rings. The van der Waals surface area contributed by atoms with Gasteiger partial charge in [-0.15, -0.1) is 0 Å². The molecule has 1 heteroatoms. The van der Waals surface area contributed by atoms with Crippen LogP contribution in [0.2, 0.25) is 0 Å². The van der Waals surface area contributed by atoms with Crippen LogP contribution in [0.1, 0.15) is 28.4 Å². The van der Waals surface area contributed by atoms with Crippen LogP contribution in [0.25, 0.3) is 6.08 Å². The van der Waals surface area contributed by atoms with E-state index in [2.05, 4.69) is 67.6 Å². The molecule has 3 aromatic rings. The van der Waals surface area contributed by atoms with Crippen LogP contribution in [-0.2, 0) is 11.3 Å². The van der Waals surface area contributed by atoms with E-state index in [0.717, 1.165) is 5.56 Å². The summed E-state index contributed by atoms with van der Waals surface area (Å²) in [4.78, 5) is 0. The summed E-state index contributed by atoms with van der Waals surface area (Å²) in [7, 11) is 0. The maximum atomic E-state index is 6.19. The van der Waals surface area contributed by atoms with E-state index < -0.39 is 0 Å². The molecule has 120 valence electrons. The van der Waals surface area contributed by atoms with Crippen molar-refractivity contribution in [2.75, 3.05) is 0 Å². The van der Waals surface area contributed by atoms with Crippen molar-refractivity contribution in [2.24, 2.45) is 0 Å². The van der Waals surface area contributed by atoms with E-state index >= 15 is 0 Å². The second-order valence-electron chi connectivity index (χ2n) is 5.90. The zero-order valence-electron chi connectivity index (χ0n) is 13.9. The molecule has 1 atom stereocenters. The molecule has 0 aliphatic rings. The third-order valence-corrected chi connectivity index (χ3v) is 3.94. The lowest BCUT2D eigenvalue weighted by atomic mass is 10.1. The van der Waals surface area contributed by atoms with Crippen LogP contribution in [0.5, 0.6) is 0 Å². The first-order valence-electron chi connectivity index (χ1n) is 8.26. The van der Waals surface area contributed by atoms with Gasteiger partial charge in [-0.2, -0.15) is 0 Å². The Bertz CT molecular complexity index is 758. The summed E-state index contributed by atoms with van der Waals surface area (Å²) in [6.45, 7) is 2.69. The summed E-state index contributed by atoms with van der Waals surface area (Å²) in [6, 6.07) is 29.1. The fourth-order valence-corrected chi connectivity index (χ4v) is 2.54. The lowest BCUT2D eigenvalue weighted by molar-refractivity contribution is 0.0723. The van der Waals surface area contributed by atoms with E-state index in [9.17, 15) is 0 Å². The summed E-state index contributed by atoms with van der Waals surface area (Å²) < 4.78 is 6.19. The van der Waals surface area contributed by atoms with E-state index in [1.54, 1.807) is 0 Å². The predicted molar refractivity (Wildman–Crippen MR) is 101 cm³/mol. The van der Waals surface area contributed by atoms with Crippen LogP contribution in [-0.4, -0.2) is 0 Å². The summed E-state index contributed by atoms with van der Waals surface area (Å²) >= 11 is 0. The number of benzene rings is 3. The van der Waals surface area contributed by atoms with Gasteiger partial charge in [0.05, 0.1) is 6.61 Å². The van der Waals surface area contributed by atoms with Crippen molar-refractivity contribution >= 4 is 6.08 Å². The van der Waals surface area contributed by atoms with Gasteiger partial charge < -0.3 is 4.74 Å². The van der Waals surface area contributed by atoms with E-state index in [-0.39, 0.29) is 6.10 Å². The largest absolute Gasteiger partial charge is 0.365 e. The van der Waals surface area contributed by atoms with Crippen LogP contribution >= 0.6 is 0 Å². The summed E-state index contributed by atoms with van der Waals surface area (Å²) in [5, 5.41) is 0. The molecule has 3 aromatic carbocycles. The normalized spacial score (nSPS) is 12.4. The summed E-state index contributed by atoms with van der Waals surface area (Å²) in [6.07, 6.45) is 4.18. The topological polar surface area (TPSA) is 9.23 Å². The maximum Gasteiger partial charge on any atom is 0.101 e. The Kier molecular flexibility index (Phi) is 5.60. The number of rotatable bonds is 6. The van der Waals surface area contributed by atoms with Crippen molar-refractivity contribution in [2.45, 2.75) is 19.6 Å². The van der Waals surface area contributed by atoms with E-state index in [4.69, 9.17) is 4.74 Å². The van der Waals surface area contributed by atoms with Crippen molar-refractivity contribution in [3.63, 3.8) is 0 Å². The maximum absolute atomic E-state index is 6.19. The van der Waals surface area contributed by atoms with Crippen LogP contribution in [0.4, 0.5) is 0 Å². The van der Waals surface area contributed by atoms with Gasteiger partial charge in [0.2, 0.25) is 0 Å².